The summed E-state index contributed by atoms with van der Waals surface area (Å²) in [6.07, 6.45) is 2.05. The van der Waals surface area contributed by atoms with Crippen molar-refractivity contribution in [1.29, 1.82) is 0 Å². The molecule has 5 nitrogen and oxygen atoms in total. The lowest BCUT2D eigenvalue weighted by Crippen LogP contribution is -2.20. The van der Waals surface area contributed by atoms with Crippen LogP contribution in [-0.4, -0.2) is 23.8 Å². The van der Waals surface area contributed by atoms with Gasteiger partial charge in [0.05, 0.1) is 12.7 Å². The summed E-state index contributed by atoms with van der Waals surface area (Å²) in [7, 11) is 1.55. The molecule has 1 unspecified atom stereocenters. The van der Waals surface area contributed by atoms with E-state index in [1.165, 1.54) is 0 Å². The van der Waals surface area contributed by atoms with Gasteiger partial charge in [-0.3, -0.25) is 9.78 Å². The van der Waals surface area contributed by atoms with Crippen LogP contribution < -0.4 is 4.74 Å². The van der Waals surface area contributed by atoms with Crippen LogP contribution in [0.5, 0.6) is 5.75 Å². The molecule has 2 aromatic carbocycles. The number of ether oxygens (including phenoxy) is 2. The molecule has 1 atom stereocenters. The fourth-order valence-corrected chi connectivity index (χ4v) is 2.47. The van der Waals surface area contributed by atoms with E-state index in [4.69, 9.17) is 9.47 Å². The molecular weight excluding hydrogens is 330 g/mol. The second kappa shape index (κ2) is 8.07. The lowest BCUT2D eigenvalue weighted by atomic mass is 10.0. The maximum absolute atomic E-state index is 13.0. The van der Waals surface area contributed by atoms with Gasteiger partial charge in [0.2, 0.25) is 5.78 Å². The predicted molar refractivity (Wildman–Crippen MR) is 96.2 cm³/mol. The van der Waals surface area contributed by atoms with Crippen LogP contribution in [0, 0.1) is 0 Å². The Hall–Kier alpha value is -3.47. The van der Waals surface area contributed by atoms with E-state index >= 15 is 0 Å². The first kappa shape index (κ1) is 17.4. The van der Waals surface area contributed by atoms with E-state index in [0.29, 0.717) is 22.4 Å². The molecule has 0 saturated heterocycles. The molecule has 26 heavy (non-hydrogen) atoms. The molecule has 0 aliphatic heterocycles. The molecule has 1 aromatic heterocycles. The van der Waals surface area contributed by atoms with Gasteiger partial charge in [0.1, 0.15) is 5.75 Å². The summed E-state index contributed by atoms with van der Waals surface area (Å²) in [5.74, 6) is -0.235. The number of benzene rings is 2. The first-order valence-electron chi connectivity index (χ1n) is 8.03. The van der Waals surface area contributed by atoms with Crippen molar-refractivity contribution in [3.05, 3.63) is 95.8 Å². The zero-order valence-electron chi connectivity index (χ0n) is 14.2. The summed E-state index contributed by atoms with van der Waals surface area (Å²) in [5.41, 5.74) is 1.37. The van der Waals surface area contributed by atoms with E-state index in [9.17, 15) is 9.59 Å². The van der Waals surface area contributed by atoms with Gasteiger partial charge < -0.3 is 9.47 Å². The third-order valence-corrected chi connectivity index (χ3v) is 3.86. The summed E-state index contributed by atoms with van der Waals surface area (Å²) in [6.45, 7) is 0. The van der Waals surface area contributed by atoms with Crippen molar-refractivity contribution in [1.82, 2.24) is 4.98 Å². The van der Waals surface area contributed by atoms with Crippen LogP contribution in [-0.2, 0) is 4.74 Å². The van der Waals surface area contributed by atoms with Gasteiger partial charge in [0.25, 0.3) is 0 Å². The molecule has 0 amide bonds. The number of ketones is 1. The smallest absolute Gasteiger partial charge is 0.339 e. The first-order valence-corrected chi connectivity index (χ1v) is 8.03. The molecular formula is C21H17NO4. The first-order chi connectivity index (χ1) is 12.7. The van der Waals surface area contributed by atoms with E-state index in [1.54, 1.807) is 86.2 Å². The third-order valence-electron chi connectivity index (χ3n) is 3.86. The van der Waals surface area contributed by atoms with Gasteiger partial charge in [-0.1, -0.05) is 18.2 Å². The Morgan fingerprint density at radius 2 is 1.50 bits per heavy atom. The molecule has 1 heterocycles. The number of nitrogens with zero attached hydrogens (tertiary/aromatic N) is 1. The zero-order chi connectivity index (χ0) is 18.4. The van der Waals surface area contributed by atoms with Gasteiger partial charge in [-0.25, -0.2) is 4.79 Å². The number of aromatic nitrogens is 1. The highest BCUT2D eigenvalue weighted by atomic mass is 16.5. The van der Waals surface area contributed by atoms with Crippen LogP contribution in [0.25, 0.3) is 0 Å². The van der Waals surface area contributed by atoms with Gasteiger partial charge in [-0.05, 0) is 48.5 Å². The van der Waals surface area contributed by atoms with Crippen LogP contribution >= 0.6 is 0 Å². The number of hydrogen-bond donors (Lipinski definition) is 0. The minimum Gasteiger partial charge on any atom is -0.497 e. The topological polar surface area (TPSA) is 65.5 Å². The van der Waals surface area contributed by atoms with Crippen molar-refractivity contribution in [2.45, 2.75) is 6.10 Å². The molecule has 0 saturated carbocycles. The molecule has 0 aliphatic rings. The summed E-state index contributed by atoms with van der Waals surface area (Å²) in [6, 6.07) is 18.6. The lowest BCUT2D eigenvalue weighted by molar-refractivity contribution is 0.0280. The van der Waals surface area contributed by atoms with Gasteiger partial charge >= 0.3 is 5.97 Å². The van der Waals surface area contributed by atoms with Crippen molar-refractivity contribution in [3.63, 3.8) is 0 Å². The highest BCUT2D eigenvalue weighted by Crippen LogP contribution is 2.24. The quantitative estimate of drug-likeness (QED) is 0.500. The van der Waals surface area contributed by atoms with Crippen molar-refractivity contribution in [2.24, 2.45) is 0 Å². The highest BCUT2D eigenvalue weighted by molar-refractivity contribution is 6.02. The number of rotatable bonds is 6. The predicted octanol–water partition coefficient (Wildman–Crippen LogP) is 3.87. The van der Waals surface area contributed by atoms with Crippen LogP contribution in [0.1, 0.15) is 32.4 Å². The number of esters is 1. The fourth-order valence-electron chi connectivity index (χ4n) is 2.47. The van der Waals surface area contributed by atoms with Gasteiger partial charge in [-0.15, -0.1) is 0 Å². The number of carbonyl (C=O) groups excluding carboxylic acids is 2. The molecule has 130 valence electrons. The van der Waals surface area contributed by atoms with E-state index in [1.807, 2.05) is 0 Å². The Morgan fingerprint density at radius 3 is 2.12 bits per heavy atom. The van der Waals surface area contributed by atoms with Crippen LogP contribution in [0.3, 0.4) is 0 Å². The molecule has 0 N–H and O–H groups in total. The highest BCUT2D eigenvalue weighted by Gasteiger charge is 2.26. The average molecular weight is 347 g/mol. The van der Waals surface area contributed by atoms with Crippen LogP contribution in [0.15, 0.2) is 79.1 Å². The zero-order valence-corrected chi connectivity index (χ0v) is 14.2. The average Bonchev–Trinajstić information content (AvgIpc) is 2.72. The largest absolute Gasteiger partial charge is 0.497 e. The van der Waals surface area contributed by atoms with Gasteiger partial charge in [0.15, 0.2) is 6.10 Å². The van der Waals surface area contributed by atoms with Crippen LogP contribution in [0.2, 0.25) is 0 Å². The standard InChI is InChI=1S/C21H17NO4/c1-25-18-9-7-15(8-10-18)19(23)20(16-11-13-22-14-12-16)26-21(24)17-5-3-2-4-6-17/h2-14,20H,1H3. The number of Topliss-reactive ketones (excluding diaryl/α,β-unsaturated/α-hetero) is 1. The molecule has 0 fully saturated rings. The Balaban J connectivity index is 1.90. The normalized spacial score (nSPS) is 11.4. The summed E-state index contributed by atoms with van der Waals surface area (Å²) < 4.78 is 10.7. The summed E-state index contributed by atoms with van der Waals surface area (Å²) in [5, 5.41) is 0. The second-order valence-electron chi connectivity index (χ2n) is 5.52. The van der Waals surface area contributed by atoms with E-state index in [0.717, 1.165) is 0 Å². The Kier molecular flexibility index (Phi) is 5.39. The maximum atomic E-state index is 13.0. The second-order valence-corrected chi connectivity index (χ2v) is 5.52. The minimum absolute atomic E-state index is 0.317. The van der Waals surface area contributed by atoms with Crippen molar-refractivity contribution in [2.75, 3.05) is 7.11 Å². The van der Waals surface area contributed by atoms with E-state index < -0.39 is 12.1 Å². The number of hydrogen-bond acceptors (Lipinski definition) is 5. The molecule has 0 radical (unpaired) electrons. The van der Waals surface area contributed by atoms with Gasteiger partial charge in [0, 0.05) is 23.5 Å². The van der Waals surface area contributed by atoms with E-state index in [-0.39, 0.29) is 5.78 Å². The van der Waals surface area contributed by atoms with Gasteiger partial charge in [-0.2, -0.15) is 0 Å². The van der Waals surface area contributed by atoms with Crippen LogP contribution in [0.4, 0.5) is 0 Å². The maximum Gasteiger partial charge on any atom is 0.339 e. The minimum atomic E-state index is -1.06. The number of pyridine rings is 1. The van der Waals surface area contributed by atoms with Crippen molar-refractivity contribution < 1.29 is 19.1 Å². The number of methoxy groups -OCH3 is 1. The SMILES string of the molecule is COc1ccc(C(=O)C(OC(=O)c2ccccc2)c2ccncc2)cc1. The molecule has 0 bridgehead atoms. The summed E-state index contributed by atoms with van der Waals surface area (Å²) >= 11 is 0. The molecule has 0 spiro atoms. The monoisotopic (exact) mass is 347 g/mol. The molecule has 3 aromatic rings. The Bertz CT molecular complexity index is 877. The van der Waals surface area contributed by atoms with Crippen molar-refractivity contribution in [3.8, 4) is 5.75 Å². The van der Waals surface area contributed by atoms with E-state index in [2.05, 4.69) is 4.98 Å². The molecule has 3 rings (SSSR count). The third kappa shape index (κ3) is 3.95. The Morgan fingerprint density at radius 1 is 0.846 bits per heavy atom. The molecule has 0 aliphatic carbocycles. The summed E-state index contributed by atoms with van der Waals surface area (Å²) in [4.78, 5) is 29.4. The fraction of sp³-hybridized carbons (Fsp3) is 0.0952. The lowest BCUT2D eigenvalue weighted by Gasteiger charge is -2.17. The Labute approximate surface area is 151 Å². The van der Waals surface area contributed by atoms with Crippen molar-refractivity contribution >= 4 is 11.8 Å². The molecule has 5 heteroatoms. The number of carbonyl (C=O) groups is 2.